The zero-order chi connectivity index (χ0) is 13.9. The van der Waals surface area contributed by atoms with Crippen LogP contribution in [0.1, 0.15) is 40.5 Å². The smallest absolute Gasteiger partial charge is 0.0942 e. The van der Waals surface area contributed by atoms with E-state index in [9.17, 15) is 0 Å². The van der Waals surface area contributed by atoms with Crippen LogP contribution >= 0.6 is 0 Å². The number of aromatic nitrogens is 1. The summed E-state index contributed by atoms with van der Waals surface area (Å²) in [6, 6.07) is 12.2. The Labute approximate surface area is 118 Å². The van der Waals surface area contributed by atoms with Gasteiger partial charge in [0.15, 0.2) is 0 Å². The van der Waals surface area contributed by atoms with Crippen LogP contribution in [-0.4, -0.2) is 13.8 Å². The van der Waals surface area contributed by atoms with Gasteiger partial charge in [-0.15, -0.1) is 0 Å². The summed E-state index contributed by atoms with van der Waals surface area (Å²) < 4.78 is 0. The summed E-state index contributed by atoms with van der Waals surface area (Å²) in [5.74, 6) is 0. The minimum Gasteiger partial charge on any atom is -0.256 e. The Hall–Kier alpha value is -1.15. The third kappa shape index (κ3) is 3.24. The zero-order valence-electron chi connectivity index (χ0n) is 12.5. The number of unbranched alkanes of at least 4 members (excludes halogenated alkanes) is 1. The van der Waals surface area contributed by atoms with Crippen molar-refractivity contribution in [2.45, 2.75) is 51.6 Å². The Balaban J connectivity index is 2.49. The highest BCUT2D eigenvalue weighted by molar-refractivity contribution is 6.77. The molecule has 2 aromatic rings. The predicted octanol–water partition coefficient (Wildman–Crippen LogP) is 4.54. The summed E-state index contributed by atoms with van der Waals surface area (Å²) in [6.45, 7) is 9.44. The van der Waals surface area contributed by atoms with E-state index in [4.69, 9.17) is 0 Å². The summed E-state index contributed by atoms with van der Waals surface area (Å²) in [4.78, 5) is 4.65. The minimum absolute atomic E-state index is 0.381. The van der Waals surface area contributed by atoms with Gasteiger partial charge in [0.1, 0.15) is 0 Å². The van der Waals surface area contributed by atoms with E-state index < -0.39 is 8.80 Å². The van der Waals surface area contributed by atoms with Crippen LogP contribution in [-0.2, 0) is 0 Å². The minimum atomic E-state index is -0.588. The van der Waals surface area contributed by atoms with Crippen molar-refractivity contribution >= 4 is 24.9 Å². The van der Waals surface area contributed by atoms with Crippen LogP contribution in [0.2, 0.25) is 11.1 Å². The molecule has 0 amide bonds. The van der Waals surface area contributed by atoms with Gasteiger partial charge in [0.2, 0.25) is 0 Å². The van der Waals surface area contributed by atoms with E-state index >= 15 is 0 Å². The highest BCUT2D eigenvalue weighted by Gasteiger charge is 2.29. The second kappa shape index (κ2) is 5.87. The lowest BCUT2D eigenvalue weighted by Gasteiger charge is -2.30. The summed E-state index contributed by atoms with van der Waals surface area (Å²) >= 11 is 0. The third-order valence-corrected chi connectivity index (χ3v) is 7.36. The van der Waals surface area contributed by atoms with Crippen molar-refractivity contribution in [3.8, 4) is 0 Å². The molecule has 0 aliphatic rings. The first kappa shape index (κ1) is 14.3. The van der Waals surface area contributed by atoms with E-state index in [0.29, 0.717) is 5.04 Å². The van der Waals surface area contributed by atoms with Crippen molar-refractivity contribution < 1.29 is 0 Å². The summed E-state index contributed by atoms with van der Waals surface area (Å²) in [7, 11) is -0.588. The molecule has 0 N–H and O–H groups in total. The van der Waals surface area contributed by atoms with Gasteiger partial charge in [-0.3, -0.25) is 4.98 Å². The van der Waals surface area contributed by atoms with Gasteiger partial charge >= 0.3 is 0 Å². The molecule has 19 heavy (non-hydrogen) atoms. The Bertz CT molecular complexity index is 537. The van der Waals surface area contributed by atoms with Crippen molar-refractivity contribution in [1.82, 2.24) is 4.98 Å². The lowest BCUT2D eigenvalue weighted by molar-refractivity contribution is 0.727. The molecule has 1 aromatic heterocycles. The molecule has 0 saturated heterocycles. The second-order valence-corrected chi connectivity index (χ2v) is 9.71. The van der Waals surface area contributed by atoms with Gasteiger partial charge in [0.25, 0.3) is 0 Å². The molecule has 1 nitrogen and oxygen atoms in total. The van der Waals surface area contributed by atoms with Crippen LogP contribution < -0.4 is 5.19 Å². The Morgan fingerprint density at radius 2 is 1.84 bits per heavy atom. The second-order valence-electron chi connectivity index (χ2n) is 6.21. The first-order chi connectivity index (χ1) is 9.04. The monoisotopic (exact) mass is 270 g/mol. The van der Waals surface area contributed by atoms with E-state index in [1.165, 1.54) is 35.0 Å². The van der Waals surface area contributed by atoms with Gasteiger partial charge in [-0.25, -0.2) is 0 Å². The van der Waals surface area contributed by atoms with E-state index in [1.807, 2.05) is 12.3 Å². The molecule has 0 aliphatic carbocycles. The summed E-state index contributed by atoms with van der Waals surface area (Å²) in [5, 5.41) is 3.18. The molecule has 0 fully saturated rings. The van der Waals surface area contributed by atoms with Crippen LogP contribution in [0.4, 0.5) is 0 Å². The molecule has 101 valence electrons. The van der Waals surface area contributed by atoms with Crippen molar-refractivity contribution in [2.75, 3.05) is 0 Å². The van der Waals surface area contributed by atoms with E-state index in [1.54, 1.807) is 0 Å². The molecule has 0 atom stereocenters. The predicted molar refractivity (Wildman–Crippen MR) is 86.6 cm³/mol. The fourth-order valence-electron chi connectivity index (χ4n) is 2.61. The molecule has 0 bridgehead atoms. The molecular formula is C17H24NSi. The fraction of sp³-hybridized carbons (Fsp3) is 0.471. The van der Waals surface area contributed by atoms with Gasteiger partial charge in [0.05, 0.1) is 14.3 Å². The molecule has 1 aromatic carbocycles. The molecular weight excluding hydrogens is 246 g/mol. The van der Waals surface area contributed by atoms with Gasteiger partial charge in [-0.2, -0.15) is 0 Å². The SMILES string of the molecule is CCCC[Si](c1cccc2cccnc12)C(C)(C)C. The average molecular weight is 270 g/mol. The maximum Gasteiger partial charge on any atom is 0.0942 e. The standard InChI is InChI=1S/C17H24NSi/c1-5-6-13-19(17(2,3)4)15-11-7-9-14-10-8-12-18-16(14)15/h7-12H,5-6,13H2,1-4H3. The Kier molecular flexibility index (Phi) is 4.41. The number of nitrogens with zero attached hydrogens (tertiary/aromatic N) is 1. The highest BCUT2D eigenvalue weighted by Crippen LogP contribution is 2.31. The maximum atomic E-state index is 4.65. The van der Waals surface area contributed by atoms with E-state index in [-0.39, 0.29) is 0 Å². The van der Waals surface area contributed by atoms with Gasteiger partial charge in [0, 0.05) is 11.6 Å². The molecule has 0 spiro atoms. The topological polar surface area (TPSA) is 12.9 Å². The highest BCUT2D eigenvalue weighted by atomic mass is 28.3. The van der Waals surface area contributed by atoms with E-state index in [0.717, 1.165) is 0 Å². The normalized spacial score (nSPS) is 12.3. The maximum absolute atomic E-state index is 4.65. The molecule has 1 heterocycles. The fourth-order valence-corrected chi connectivity index (χ4v) is 5.94. The lowest BCUT2D eigenvalue weighted by atomic mass is 10.2. The zero-order valence-corrected chi connectivity index (χ0v) is 13.5. The quantitative estimate of drug-likeness (QED) is 0.743. The molecule has 0 saturated carbocycles. The molecule has 1 radical (unpaired) electrons. The largest absolute Gasteiger partial charge is 0.256 e. The van der Waals surface area contributed by atoms with Gasteiger partial charge in [-0.05, 0) is 16.3 Å². The van der Waals surface area contributed by atoms with Crippen LogP contribution in [0.15, 0.2) is 36.5 Å². The van der Waals surface area contributed by atoms with Crippen molar-refractivity contribution in [3.05, 3.63) is 36.5 Å². The van der Waals surface area contributed by atoms with Crippen LogP contribution in [0.25, 0.3) is 10.9 Å². The number of para-hydroxylation sites is 1. The van der Waals surface area contributed by atoms with Crippen molar-refractivity contribution in [1.29, 1.82) is 0 Å². The first-order valence-electron chi connectivity index (χ1n) is 7.24. The van der Waals surface area contributed by atoms with Crippen molar-refractivity contribution in [2.24, 2.45) is 0 Å². The molecule has 2 rings (SSSR count). The van der Waals surface area contributed by atoms with E-state index in [2.05, 4.69) is 56.9 Å². The molecule has 0 aliphatic heterocycles. The average Bonchev–Trinajstić information content (AvgIpc) is 2.38. The number of hydrogen-bond acceptors (Lipinski definition) is 1. The summed E-state index contributed by atoms with van der Waals surface area (Å²) in [5.41, 5.74) is 1.23. The van der Waals surface area contributed by atoms with Crippen LogP contribution in [0.5, 0.6) is 0 Å². The number of hydrogen-bond donors (Lipinski definition) is 0. The van der Waals surface area contributed by atoms with Crippen LogP contribution in [0, 0.1) is 0 Å². The van der Waals surface area contributed by atoms with Crippen molar-refractivity contribution in [3.63, 3.8) is 0 Å². The Morgan fingerprint density at radius 3 is 2.53 bits per heavy atom. The first-order valence-corrected chi connectivity index (χ1v) is 8.95. The van der Waals surface area contributed by atoms with Gasteiger partial charge < -0.3 is 0 Å². The number of pyridine rings is 1. The summed E-state index contributed by atoms with van der Waals surface area (Å²) in [6.07, 6.45) is 4.53. The Morgan fingerprint density at radius 1 is 1.11 bits per heavy atom. The third-order valence-electron chi connectivity index (χ3n) is 3.64. The molecule has 2 heteroatoms. The van der Waals surface area contributed by atoms with Gasteiger partial charge in [-0.1, -0.05) is 70.8 Å². The molecule has 0 unspecified atom stereocenters. The number of fused-ring (bicyclic) bond motifs is 1. The lowest BCUT2D eigenvalue weighted by Crippen LogP contribution is -2.39. The number of benzene rings is 1. The van der Waals surface area contributed by atoms with Crippen LogP contribution in [0.3, 0.4) is 0 Å². The number of rotatable bonds is 4.